The molecule has 1 aliphatic heterocycles. The fourth-order valence-electron chi connectivity index (χ4n) is 3.60. The number of rotatable bonds is 10. The fourth-order valence-corrected chi connectivity index (χ4v) is 4.81. The molecule has 0 aliphatic carbocycles. The minimum absolute atomic E-state index is 0.0834. The molecule has 1 fully saturated rings. The summed E-state index contributed by atoms with van der Waals surface area (Å²) in [6, 6.07) is 4.07. The first-order valence-corrected chi connectivity index (χ1v) is 13.3. The van der Waals surface area contributed by atoms with Gasteiger partial charge in [-0.05, 0) is 18.9 Å². The smallest absolute Gasteiger partial charge is 0.239 e. The molecule has 210 valence electrons. The van der Waals surface area contributed by atoms with Gasteiger partial charge < -0.3 is 20.1 Å². The summed E-state index contributed by atoms with van der Waals surface area (Å²) >= 11 is 1.11. The Labute approximate surface area is 225 Å². The molecule has 0 bridgehead atoms. The number of piperidine rings is 1. The van der Waals surface area contributed by atoms with Gasteiger partial charge in [0.05, 0.1) is 26.8 Å². The number of amides is 2. The Kier molecular flexibility index (Phi) is 13.2. The zero-order valence-corrected chi connectivity index (χ0v) is 22.9. The number of hydrogen-bond donors (Lipinski definition) is 2. The van der Waals surface area contributed by atoms with Crippen molar-refractivity contribution >= 4 is 23.8 Å². The van der Waals surface area contributed by atoms with E-state index in [9.17, 15) is 22.8 Å². The summed E-state index contributed by atoms with van der Waals surface area (Å²) in [4.78, 5) is 29.2. The van der Waals surface area contributed by atoms with Gasteiger partial charge in [-0.15, -0.1) is 0 Å². The second-order valence-corrected chi connectivity index (χ2v) is 9.51. The highest BCUT2D eigenvalue weighted by Gasteiger charge is 2.30. The van der Waals surface area contributed by atoms with Crippen molar-refractivity contribution in [3.63, 3.8) is 0 Å². The highest BCUT2D eigenvalue weighted by atomic mass is 32.2. The molecule has 8 nitrogen and oxygen atoms in total. The molecule has 0 radical (unpaired) electrons. The van der Waals surface area contributed by atoms with Crippen molar-refractivity contribution in [2.45, 2.75) is 57.9 Å². The van der Waals surface area contributed by atoms with E-state index < -0.39 is 29.4 Å². The summed E-state index contributed by atoms with van der Waals surface area (Å²) in [5, 5.41) is 5.32. The lowest BCUT2D eigenvalue weighted by Crippen LogP contribution is -2.48. The molecule has 1 aromatic heterocycles. The molecule has 2 N–H and O–H groups in total. The number of benzene rings is 1. The van der Waals surface area contributed by atoms with Crippen LogP contribution >= 0.6 is 11.9 Å². The molecule has 12 heteroatoms. The molecule has 2 amide bonds. The molecular weight excluding hydrogens is 521 g/mol. The first-order chi connectivity index (χ1) is 18.2. The fraction of sp³-hybridized carbons (Fsp3) is 0.500. The van der Waals surface area contributed by atoms with Crippen molar-refractivity contribution in [2.24, 2.45) is 0 Å². The maximum Gasteiger partial charge on any atom is 0.239 e. The molecule has 0 spiro atoms. The number of pyridine rings is 1. The Hall–Kier alpha value is -2.99. The van der Waals surface area contributed by atoms with Crippen molar-refractivity contribution in [3.05, 3.63) is 52.8 Å². The number of aromatic nitrogens is 1. The van der Waals surface area contributed by atoms with Crippen LogP contribution < -0.4 is 20.1 Å². The van der Waals surface area contributed by atoms with E-state index in [1.807, 2.05) is 0 Å². The molecular formula is C26H35F3N4O4S. The third-order valence-corrected chi connectivity index (χ3v) is 6.64. The van der Waals surface area contributed by atoms with E-state index in [1.165, 1.54) is 20.6 Å². The number of hydrogen-bond acceptors (Lipinski definition) is 7. The number of halogens is 3. The molecule has 1 aliphatic rings. The summed E-state index contributed by atoms with van der Waals surface area (Å²) < 4.78 is 53.1. The van der Waals surface area contributed by atoms with E-state index in [0.717, 1.165) is 24.8 Å². The summed E-state index contributed by atoms with van der Waals surface area (Å²) in [6.07, 6.45) is 3.43. The van der Waals surface area contributed by atoms with Crippen LogP contribution in [0, 0.1) is 17.5 Å². The van der Waals surface area contributed by atoms with Crippen LogP contribution in [0.5, 0.6) is 11.8 Å². The number of carbonyl (C=O) groups excluding carboxylic acids is 2. The van der Waals surface area contributed by atoms with Crippen molar-refractivity contribution in [1.29, 1.82) is 0 Å². The van der Waals surface area contributed by atoms with Gasteiger partial charge in [0.25, 0.3) is 0 Å². The lowest BCUT2D eigenvalue weighted by atomic mass is 10.0. The highest BCUT2D eigenvalue weighted by Crippen LogP contribution is 2.29. The Balaban J connectivity index is 0.00000161. The standard InChI is InChI=1S/C23H27F3N4O4S.C3H8/c1-33-21-7-6-14(23(29-21)34-2)11-27-20(31)12-28-22(32)19-5-3-4-8-30(19)35-13-16-17(25)9-15(24)10-18(16)26;1-3-2/h6-7,9-10,19H,3-5,8,11-13H2,1-2H3,(H,27,31)(H,28,32);3H2,1-2H3. The van der Waals surface area contributed by atoms with E-state index in [1.54, 1.807) is 16.4 Å². The molecule has 1 aromatic carbocycles. The zero-order valence-electron chi connectivity index (χ0n) is 22.1. The minimum Gasteiger partial charge on any atom is -0.481 e. The molecule has 2 heterocycles. The normalized spacial score (nSPS) is 15.2. The van der Waals surface area contributed by atoms with Gasteiger partial charge in [0.15, 0.2) is 0 Å². The molecule has 1 atom stereocenters. The van der Waals surface area contributed by atoms with Gasteiger partial charge >= 0.3 is 0 Å². The Morgan fingerprint density at radius 1 is 1.08 bits per heavy atom. The predicted octanol–water partition coefficient (Wildman–Crippen LogP) is 4.37. The number of nitrogens with one attached hydrogen (secondary N) is 2. The molecule has 0 saturated carbocycles. The Bertz CT molecular complexity index is 1050. The Morgan fingerprint density at radius 3 is 2.39 bits per heavy atom. The average Bonchev–Trinajstić information content (AvgIpc) is 2.90. The van der Waals surface area contributed by atoms with Crippen LogP contribution in [-0.4, -0.2) is 54.5 Å². The largest absolute Gasteiger partial charge is 0.481 e. The van der Waals surface area contributed by atoms with E-state index in [-0.39, 0.29) is 30.3 Å². The average molecular weight is 557 g/mol. The number of methoxy groups -OCH3 is 2. The van der Waals surface area contributed by atoms with Crippen LogP contribution in [0.4, 0.5) is 13.2 Å². The van der Waals surface area contributed by atoms with Crippen LogP contribution in [0.15, 0.2) is 24.3 Å². The monoisotopic (exact) mass is 556 g/mol. The quantitative estimate of drug-likeness (QED) is 0.420. The van der Waals surface area contributed by atoms with Gasteiger partial charge in [-0.3, -0.25) is 9.59 Å². The minimum atomic E-state index is -0.982. The lowest BCUT2D eigenvalue weighted by molar-refractivity contribution is -0.129. The van der Waals surface area contributed by atoms with Gasteiger partial charge in [0.1, 0.15) is 17.5 Å². The first-order valence-electron chi connectivity index (χ1n) is 12.4. The van der Waals surface area contributed by atoms with Gasteiger partial charge in [0.2, 0.25) is 23.6 Å². The lowest BCUT2D eigenvalue weighted by Gasteiger charge is -2.33. The van der Waals surface area contributed by atoms with Crippen molar-refractivity contribution in [1.82, 2.24) is 19.9 Å². The summed E-state index contributed by atoms with van der Waals surface area (Å²) in [6.45, 7) is 4.71. The molecule has 38 heavy (non-hydrogen) atoms. The van der Waals surface area contributed by atoms with Crippen molar-refractivity contribution in [2.75, 3.05) is 27.3 Å². The number of ether oxygens (including phenoxy) is 2. The van der Waals surface area contributed by atoms with Crippen LogP contribution in [0.1, 0.15) is 50.7 Å². The zero-order chi connectivity index (χ0) is 28.1. The summed E-state index contributed by atoms with van der Waals surface area (Å²) in [5.74, 6) is -3.05. The first kappa shape index (κ1) is 31.2. The molecule has 2 aromatic rings. The highest BCUT2D eigenvalue weighted by molar-refractivity contribution is 7.96. The number of carbonyl (C=O) groups is 2. The van der Waals surface area contributed by atoms with Gasteiger partial charge in [-0.1, -0.05) is 38.6 Å². The maximum absolute atomic E-state index is 14.0. The molecule has 3 rings (SSSR count). The second kappa shape index (κ2) is 16.1. The second-order valence-electron chi connectivity index (χ2n) is 8.50. The Morgan fingerprint density at radius 2 is 1.76 bits per heavy atom. The van der Waals surface area contributed by atoms with Gasteiger partial charge in [0, 0.05) is 48.2 Å². The van der Waals surface area contributed by atoms with Crippen LogP contribution in [0.2, 0.25) is 0 Å². The van der Waals surface area contributed by atoms with Crippen LogP contribution in [0.25, 0.3) is 0 Å². The van der Waals surface area contributed by atoms with Gasteiger partial charge in [-0.25, -0.2) is 17.5 Å². The van der Waals surface area contributed by atoms with E-state index >= 15 is 0 Å². The van der Waals surface area contributed by atoms with Crippen LogP contribution in [-0.2, 0) is 21.9 Å². The summed E-state index contributed by atoms with van der Waals surface area (Å²) in [5.41, 5.74) is 0.395. The summed E-state index contributed by atoms with van der Waals surface area (Å²) in [7, 11) is 2.94. The molecule has 1 unspecified atom stereocenters. The topological polar surface area (TPSA) is 92.8 Å². The van der Waals surface area contributed by atoms with E-state index in [4.69, 9.17) is 9.47 Å². The van der Waals surface area contributed by atoms with Crippen molar-refractivity contribution < 1.29 is 32.2 Å². The van der Waals surface area contributed by atoms with Gasteiger partial charge in [-0.2, -0.15) is 4.98 Å². The third-order valence-electron chi connectivity index (χ3n) is 5.45. The molecule has 1 saturated heterocycles. The van der Waals surface area contributed by atoms with E-state index in [0.29, 0.717) is 42.4 Å². The van der Waals surface area contributed by atoms with Crippen molar-refractivity contribution in [3.8, 4) is 11.8 Å². The predicted molar refractivity (Wildman–Crippen MR) is 140 cm³/mol. The number of nitrogens with zero attached hydrogens (tertiary/aromatic N) is 2. The SMILES string of the molecule is CCC.COc1ccc(CNC(=O)CNC(=O)C2CCCCN2SCc2c(F)cc(F)cc2F)c(OC)n1. The maximum atomic E-state index is 14.0. The van der Waals surface area contributed by atoms with E-state index in [2.05, 4.69) is 29.5 Å². The van der Waals surface area contributed by atoms with Crippen LogP contribution in [0.3, 0.4) is 0 Å². The third kappa shape index (κ3) is 9.39.